The number of halogens is 1. The summed E-state index contributed by atoms with van der Waals surface area (Å²) in [7, 11) is 0. The van der Waals surface area contributed by atoms with Gasteiger partial charge in [0, 0.05) is 29.0 Å². The Labute approximate surface area is 157 Å². The highest BCUT2D eigenvalue weighted by atomic mass is 35.5. The van der Waals surface area contributed by atoms with Crippen molar-refractivity contribution in [3.63, 3.8) is 0 Å². The van der Waals surface area contributed by atoms with Gasteiger partial charge in [-0.2, -0.15) is 0 Å². The fraction of sp³-hybridized carbons (Fsp3) is 0.167. The first-order valence-corrected chi connectivity index (χ1v) is 8.80. The maximum atomic E-state index is 12.2. The summed E-state index contributed by atoms with van der Waals surface area (Å²) < 4.78 is 10.5. The minimum atomic E-state index is -0.550. The zero-order valence-electron chi connectivity index (χ0n) is 13.9. The molecule has 134 valence electrons. The van der Waals surface area contributed by atoms with Crippen molar-refractivity contribution in [2.75, 3.05) is 5.32 Å². The van der Waals surface area contributed by atoms with Crippen molar-refractivity contribution in [3.8, 4) is 0 Å². The number of aryl methyl sites for hydroxylation is 1. The average molecular weight is 392 g/mol. The van der Waals surface area contributed by atoms with E-state index in [-0.39, 0.29) is 12.5 Å². The van der Waals surface area contributed by atoms with Crippen LogP contribution >= 0.6 is 22.9 Å². The lowest BCUT2D eigenvalue weighted by atomic mass is 10.1. The van der Waals surface area contributed by atoms with Gasteiger partial charge in [-0.15, -0.1) is 11.3 Å². The maximum absolute atomic E-state index is 12.2. The molecule has 0 saturated heterocycles. The van der Waals surface area contributed by atoms with E-state index >= 15 is 0 Å². The van der Waals surface area contributed by atoms with Gasteiger partial charge in [-0.1, -0.05) is 11.6 Å². The predicted octanol–water partition coefficient (Wildman–Crippen LogP) is 4.13. The van der Waals surface area contributed by atoms with Crippen molar-refractivity contribution in [1.82, 2.24) is 0 Å². The monoisotopic (exact) mass is 391 g/mol. The van der Waals surface area contributed by atoms with Crippen molar-refractivity contribution in [2.45, 2.75) is 20.5 Å². The zero-order valence-corrected chi connectivity index (χ0v) is 15.5. The number of rotatable bonds is 4. The molecule has 0 bridgehead atoms. The first-order valence-electron chi connectivity index (χ1n) is 7.61. The molecule has 0 atom stereocenters. The number of esters is 1. The van der Waals surface area contributed by atoms with Gasteiger partial charge in [-0.3, -0.25) is 4.79 Å². The Morgan fingerprint density at radius 3 is 2.77 bits per heavy atom. The van der Waals surface area contributed by atoms with Crippen LogP contribution in [-0.4, -0.2) is 11.9 Å². The molecule has 0 spiro atoms. The average Bonchev–Trinajstić information content (AvgIpc) is 3.01. The van der Waals surface area contributed by atoms with Crippen LogP contribution in [0.1, 0.15) is 27.7 Å². The number of carbonyl (C=O) groups is 2. The molecule has 1 aromatic carbocycles. The van der Waals surface area contributed by atoms with Crippen molar-refractivity contribution in [2.24, 2.45) is 0 Å². The molecule has 0 unspecified atom stereocenters. The molecule has 6 nitrogen and oxygen atoms in total. The van der Waals surface area contributed by atoms with Gasteiger partial charge in [-0.05, 0) is 36.8 Å². The number of amides is 1. The van der Waals surface area contributed by atoms with Crippen molar-refractivity contribution < 1.29 is 18.7 Å². The Morgan fingerprint density at radius 2 is 2.04 bits per heavy atom. The molecule has 0 aliphatic carbocycles. The van der Waals surface area contributed by atoms with Crippen LogP contribution in [-0.2, 0) is 16.1 Å². The lowest BCUT2D eigenvalue weighted by Crippen LogP contribution is -2.07. The summed E-state index contributed by atoms with van der Waals surface area (Å²) in [6.45, 7) is 3.09. The second-order valence-corrected chi connectivity index (χ2v) is 7.10. The Morgan fingerprint density at radius 1 is 1.27 bits per heavy atom. The summed E-state index contributed by atoms with van der Waals surface area (Å²) in [5, 5.41) is 4.29. The van der Waals surface area contributed by atoms with Gasteiger partial charge >= 0.3 is 11.6 Å². The summed E-state index contributed by atoms with van der Waals surface area (Å²) >= 11 is 7.25. The number of benzene rings is 1. The van der Waals surface area contributed by atoms with E-state index in [1.54, 1.807) is 31.2 Å². The van der Waals surface area contributed by atoms with Gasteiger partial charge < -0.3 is 14.5 Å². The van der Waals surface area contributed by atoms with E-state index in [1.165, 1.54) is 13.0 Å². The van der Waals surface area contributed by atoms with Gasteiger partial charge in [0.15, 0.2) is 0 Å². The number of hydrogen-bond donors (Lipinski definition) is 1. The molecule has 0 saturated carbocycles. The van der Waals surface area contributed by atoms with Crippen molar-refractivity contribution in [3.05, 3.63) is 61.8 Å². The standard InChI is InChI=1S/C18H14ClNO5S/c1-9-5-14-12(7-13(9)19)11(6-17(22)25-14)8-24-18(23)15-3-4-16(26-15)20-10(2)21/h3-7H,8H2,1-2H3,(H,20,21). The maximum Gasteiger partial charge on any atom is 0.348 e. The minimum Gasteiger partial charge on any atom is -0.457 e. The molecule has 3 rings (SSSR count). The first kappa shape index (κ1) is 18.2. The minimum absolute atomic E-state index is 0.103. The number of carbonyl (C=O) groups excluding carboxylic acids is 2. The summed E-state index contributed by atoms with van der Waals surface area (Å²) in [4.78, 5) is 35.3. The summed E-state index contributed by atoms with van der Waals surface area (Å²) in [6, 6.07) is 7.81. The molecule has 2 heterocycles. The highest BCUT2D eigenvalue weighted by Crippen LogP contribution is 2.26. The molecule has 26 heavy (non-hydrogen) atoms. The number of ether oxygens (including phenoxy) is 1. The van der Waals surface area contributed by atoms with Gasteiger partial charge in [-0.25, -0.2) is 9.59 Å². The summed E-state index contributed by atoms with van der Waals surface area (Å²) in [5.41, 5.74) is 1.13. The molecule has 0 radical (unpaired) electrons. The van der Waals surface area contributed by atoms with E-state index in [9.17, 15) is 14.4 Å². The molecule has 3 aromatic rings. The van der Waals surface area contributed by atoms with Gasteiger partial charge in [0.2, 0.25) is 5.91 Å². The van der Waals surface area contributed by atoms with E-state index in [2.05, 4.69) is 5.32 Å². The second kappa shape index (κ2) is 7.31. The first-order chi connectivity index (χ1) is 12.3. The molecule has 0 fully saturated rings. The number of anilines is 1. The van der Waals surface area contributed by atoms with Crippen LogP contribution in [0.5, 0.6) is 0 Å². The lowest BCUT2D eigenvalue weighted by molar-refractivity contribution is -0.114. The van der Waals surface area contributed by atoms with Crippen molar-refractivity contribution in [1.29, 1.82) is 0 Å². The van der Waals surface area contributed by atoms with Gasteiger partial charge in [0.05, 0.1) is 5.00 Å². The number of thiophene rings is 1. The highest BCUT2D eigenvalue weighted by molar-refractivity contribution is 7.18. The third kappa shape index (κ3) is 3.95. The van der Waals surface area contributed by atoms with Gasteiger partial charge in [0.1, 0.15) is 17.1 Å². The Balaban J connectivity index is 1.82. The second-order valence-electron chi connectivity index (χ2n) is 5.61. The van der Waals surface area contributed by atoms with Crippen LogP contribution < -0.4 is 10.9 Å². The van der Waals surface area contributed by atoms with Crippen LogP contribution in [0.25, 0.3) is 11.0 Å². The topological polar surface area (TPSA) is 85.6 Å². The number of nitrogens with one attached hydrogen (secondary N) is 1. The number of hydrogen-bond acceptors (Lipinski definition) is 6. The van der Waals surface area contributed by atoms with Crippen LogP contribution in [0.4, 0.5) is 5.00 Å². The smallest absolute Gasteiger partial charge is 0.348 e. The van der Waals surface area contributed by atoms with Gasteiger partial charge in [0.25, 0.3) is 0 Å². The Kier molecular flexibility index (Phi) is 5.11. The highest BCUT2D eigenvalue weighted by Gasteiger charge is 2.14. The molecule has 0 aliphatic heterocycles. The van der Waals surface area contributed by atoms with Crippen LogP contribution in [0, 0.1) is 6.92 Å². The summed E-state index contributed by atoms with van der Waals surface area (Å²) in [6.07, 6.45) is 0. The van der Waals surface area contributed by atoms with Crippen LogP contribution in [0.2, 0.25) is 5.02 Å². The quantitative estimate of drug-likeness (QED) is 0.533. The van der Waals surface area contributed by atoms with E-state index in [1.807, 2.05) is 0 Å². The summed E-state index contributed by atoms with van der Waals surface area (Å²) in [5.74, 6) is -0.771. The predicted molar refractivity (Wildman–Crippen MR) is 100.0 cm³/mol. The Bertz CT molecular complexity index is 1070. The SMILES string of the molecule is CC(=O)Nc1ccc(C(=O)OCc2cc(=O)oc3cc(C)c(Cl)cc23)s1. The normalized spacial score (nSPS) is 10.7. The molecule has 1 N–H and O–H groups in total. The fourth-order valence-corrected chi connectivity index (χ4v) is 3.38. The fourth-order valence-electron chi connectivity index (χ4n) is 2.37. The zero-order chi connectivity index (χ0) is 18.8. The largest absolute Gasteiger partial charge is 0.457 e. The van der Waals surface area contributed by atoms with E-state index < -0.39 is 11.6 Å². The van der Waals surface area contributed by atoms with E-state index in [4.69, 9.17) is 20.8 Å². The molecular formula is C18H14ClNO5S. The third-order valence-corrected chi connectivity index (χ3v) is 4.96. The van der Waals surface area contributed by atoms with Crippen LogP contribution in [0.15, 0.2) is 39.5 Å². The van der Waals surface area contributed by atoms with Crippen LogP contribution in [0.3, 0.4) is 0 Å². The molecule has 8 heteroatoms. The number of fused-ring (bicyclic) bond motifs is 1. The Hall–Kier alpha value is -2.64. The van der Waals surface area contributed by atoms with E-state index in [0.29, 0.717) is 31.4 Å². The lowest BCUT2D eigenvalue weighted by Gasteiger charge is -2.08. The molecule has 1 amide bonds. The van der Waals surface area contributed by atoms with Crippen molar-refractivity contribution >= 4 is 50.8 Å². The van der Waals surface area contributed by atoms with E-state index in [0.717, 1.165) is 16.9 Å². The third-order valence-electron chi connectivity index (χ3n) is 3.57. The molecule has 2 aromatic heterocycles. The molecule has 0 aliphatic rings. The molecular weight excluding hydrogens is 378 g/mol.